The molecule has 0 bridgehead atoms. The van der Waals surface area contributed by atoms with Crippen LogP contribution in [0.3, 0.4) is 0 Å². The molecule has 0 unspecified atom stereocenters. The zero-order valence-corrected chi connectivity index (χ0v) is 15.2. The van der Waals surface area contributed by atoms with Crippen LogP contribution in [0.2, 0.25) is 0 Å². The normalized spacial score (nSPS) is 9.14. The number of hydrogen-bond acceptors (Lipinski definition) is 0. The van der Waals surface area contributed by atoms with E-state index in [4.69, 9.17) is 0 Å². The Balaban J connectivity index is 0.00000147. The molecule has 0 aliphatic rings. The fraction of sp³-hybridized carbons (Fsp3) is 0. The highest BCUT2D eigenvalue weighted by molar-refractivity contribution is 7.79. The van der Waals surface area contributed by atoms with Gasteiger partial charge in [-0.3, -0.25) is 0 Å². The van der Waals surface area contributed by atoms with Crippen molar-refractivity contribution < 1.29 is 0 Å². The summed E-state index contributed by atoms with van der Waals surface area (Å²) in [4.78, 5) is 0. The number of rotatable bonds is 3. The fourth-order valence-corrected chi connectivity index (χ4v) is 4.48. The van der Waals surface area contributed by atoms with E-state index in [9.17, 15) is 0 Å². The van der Waals surface area contributed by atoms with Gasteiger partial charge in [0.2, 0.25) is 0 Å². The van der Waals surface area contributed by atoms with E-state index in [1.54, 1.807) is 0 Å². The van der Waals surface area contributed by atoms with Crippen LogP contribution in [0.25, 0.3) is 0 Å². The van der Waals surface area contributed by atoms with E-state index in [-0.39, 0.29) is 37.2 Å². The molecular formula is C18H18Cl3P. The second-order valence-electron chi connectivity index (χ2n) is 4.34. The summed E-state index contributed by atoms with van der Waals surface area (Å²) in [7, 11) is -0.446. The van der Waals surface area contributed by atoms with Gasteiger partial charge in [-0.1, -0.05) is 91.0 Å². The molecule has 0 spiro atoms. The smallest absolute Gasteiger partial charge is 0.0134 e. The van der Waals surface area contributed by atoms with Crippen molar-refractivity contribution in [2.24, 2.45) is 0 Å². The Kier molecular flexibility index (Phi) is 10.1. The zero-order valence-electron chi connectivity index (χ0n) is 11.8. The summed E-state index contributed by atoms with van der Waals surface area (Å²) < 4.78 is 0. The maximum atomic E-state index is 2.23. The summed E-state index contributed by atoms with van der Waals surface area (Å²) in [6, 6.07) is 32.3. The predicted octanol–water partition coefficient (Wildman–Crippen LogP) is 4.71. The lowest BCUT2D eigenvalue weighted by Crippen LogP contribution is -2.20. The summed E-state index contributed by atoms with van der Waals surface area (Å²) in [6.45, 7) is 0. The second-order valence-corrected chi connectivity index (χ2v) is 6.56. The van der Waals surface area contributed by atoms with Gasteiger partial charge in [-0.05, 0) is 23.8 Å². The lowest BCUT2D eigenvalue weighted by Gasteiger charge is -2.18. The van der Waals surface area contributed by atoms with E-state index in [0.29, 0.717) is 0 Å². The molecule has 0 fully saturated rings. The molecule has 0 radical (unpaired) electrons. The quantitative estimate of drug-likeness (QED) is 0.585. The van der Waals surface area contributed by atoms with Crippen LogP contribution in [-0.2, 0) is 0 Å². The van der Waals surface area contributed by atoms with Gasteiger partial charge in [-0.2, -0.15) is 0 Å². The van der Waals surface area contributed by atoms with Gasteiger partial charge in [0.1, 0.15) is 0 Å². The average molecular weight is 372 g/mol. The van der Waals surface area contributed by atoms with E-state index in [2.05, 4.69) is 91.0 Å². The van der Waals surface area contributed by atoms with Gasteiger partial charge >= 0.3 is 0 Å². The third-order valence-electron chi connectivity index (χ3n) is 3.04. The highest BCUT2D eigenvalue weighted by atomic mass is 35.5. The molecule has 0 saturated heterocycles. The molecule has 0 aliphatic heterocycles. The molecule has 0 saturated carbocycles. The molecule has 0 atom stereocenters. The van der Waals surface area contributed by atoms with Gasteiger partial charge in [0.05, 0.1) is 0 Å². The van der Waals surface area contributed by atoms with Crippen molar-refractivity contribution in [1.29, 1.82) is 0 Å². The number of benzene rings is 3. The summed E-state index contributed by atoms with van der Waals surface area (Å²) >= 11 is 0. The van der Waals surface area contributed by atoms with Gasteiger partial charge < -0.3 is 0 Å². The Morgan fingerprint density at radius 3 is 0.818 bits per heavy atom. The molecule has 0 nitrogen and oxygen atoms in total. The van der Waals surface area contributed by atoms with Crippen molar-refractivity contribution in [3.05, 3.63) is 91.0 Å². The van der Waals surface area contributed by atoms with Gasteiger partial charge in [-0.15, -0.1) is 37.2 Å². The number of halogens is 3. The average Bonchev–Trinajstić information content (AvgIpc) is 2.51. The molecule has 3 aromatic carbocycles. The molecule has 3 rings (SSSR count). The number of hydrogen-bond donors (Lipinski definition) is 0. The Morgan fingerprint density at radius 1 is 0.364 bits per heavy atom. The molecule has 0 amide bonds. The standard InChI is InChI=1S/C18H15P.3ClH/c1-4-10-16(11-5-1)19(17-12-6-2-7-13-17)18-14-8-3-9-15-18;;;/h1-15H;3*1H. The van der Waals surface area contributed by atoms with Crippen LogP contribution in [-0.4, -0.2) is 0 Å². The second kappa shape index (κ2) is 10.6. The highest BCUT2D eigenvalue weighted by Crippen LogP contribution is 2.32. The molecule has 4 heteroatoms. The lowest BCUT2D eigenvalue weighted by atomic mass is 10.4. The first kappa shape index (κ1) is 21.0. The van der Waals surface area contributed by atoms with Crippen molar-refractivity contribution in [2.45, 2.75) is 0 Å². The van der Waals surface area contributed by atoms with E-state index in [1.807, 2.05) is 0 Å². The van der Waals surface area contributed by atoms with Crippen LogP contribution in [0, 0.1) is 0 Å². The van der Waals surface area contributed by atoms with Crippen LogP contribution >= 0.6 is 45.1 Å². The highest BCUT2D eigenvalue weighted by Gasteiger charge is 2.14. The predicted molar refractivity (Wildman–Crippen MR) is 107 cm³/mol. The van der Waals surface area contributed by atoms with E-state index in [0.717, 1.165) is 0 Å². The third kappa shape index (κ3) is 5.00. The minimum atomic E-state index is -0.446. The van der Waals surface area contributed by atoms with Gasteiger partial charge in [0.25, 0.3) is 0 Å². The van der Waals surface area contributed by atoms with Gasteiger partial charge in [0.15, 0.2) is 0 Å². The zero-order chi connectivity index (χ0) is 12.9. The maximum absolute atomic E-state index is 2.23. The Bertz CT molecular complexity index is 536. The largest absolute Gasteiger partial charge is 0.147 e. The SMILES string of the molecule is Cl.Cl.Cl.c1ccc(P(c2ccccc2)c2ccccc2)cc1. The summed E-state index contributed by atoms with van der Waals surface area (Å²) in [5.41, 5.74) is 0. The molecule has 0 aliphatic carbocycles. The van der Waals surface area contributed by atoms with E-state index >= 15 is 0 Å². The van der Waals surface area contributed by atoms with Crippen molar-refractivity contribution >= 4 is 61.1 Å². The van der Waals surface area contributed by atoms with Gasteiger partial charge in [0, 0.05) is 0 Å². The van der Waals surface area contributed by atoms with Crippen molar-refractivity contribution in [1.82, 2.24) is 0 Å². The van der Waals surface area contributed by atoms with Crippen LogP contribution in [0.5, 0.6) is 0 Å². The van der Waals surface area contributed by atoms with Crippen LogP contribution in [0.1, 0.15) is 0 Å². The first-order chi connectivity index (χ1) is 9.45. The van der Waals surface area contributed by atoms with Gasteiger partial charge in [-0.25, -0.2) is 0 Å². The Morgan fingerprint density at radius 2 is 0.591 bits per heavy atom. The van der Waals surface area contributed by atoms with Crippen molar-refractivity contribution in [3.63, 3.8) is 0 Å². The molecule has 22 heavy (non-hydrogen) atoms. The minimum absolute atomic E-state index is 0. The maximum Gasteiger partial charge on any atom is -0.0134 e. The Labute approximate surface area is 152 Å². The fourth-order valence-electron chi connectivity index (χ4n) is 2.18. The monoisotopic (exact) mass is 370 g/mol. The summed E-state index contributed by atoms with van der Waals surface area (Å²) in [6.07, 6.45) is 0. The lowest BCUT2D eigenvalue weighted by molar-refractivity contribution is 1.74. The topological polar surface area (TPSA) is 0 Å². The molecule has 116 valence electrons. The molecular weight excluding hydrogens is 354 g/mol. The first-order valence-corrected chi connectivity index (χ1v) is 7.74. The molecule has 0 aromatic heterocycles. The molecule has 0 heterocycles. The van der Waals surface area contributed by atoms with Crippen LogP contribution < -0.4 is 15.9 Å². The van der Waals surface area contributed by atoms with Crippen molar-refractivity contribution in [3.8, 4) is 0 Å². The van der Waals surface area contributed by atoms with Crippen molar-refractivity contribution in [2.75, 3.05) is 0 Å². The van der Waals surface area contributed by atoms with Crippen LogP contribution in [0.15, 0.2) is 91.0 Å². The molecule has 3 aromatic rings. The van der Waals surface area contributed by atoms with E-state index in [1.165, 1.54) is 15.9 Å². The first-order valence-electron chi connectivity index (χ1n) is 6.40. The molecule has 0 N–H and O–H groups in total. The summed E-state index contributed by atoms with van der Waals surface area (Å²) in [5.74, 6) is 0. The minimum Gasteiger partial charge on any atom is -0.147 e. The van der Waals surface area contributed by atoms with Crippen LogP contribution in [0.4, 0.5) is 0 Å². The Hall–Kier alpha value is -1.04. The summed E-state index contributed by atoms with van der Waals surface area (Å²) in [5, 5.41) is 4.19. The van der Waals surface area contributed by atoms with E-state index < -0.39 is 7.92 Å². The third-order valence-corrected chi connectivity index (χ3v) is 5.49.